The molecule has 1 aliphatic heterocycles. The number of hydrogen-bond acceptors (Lipinski definition) is 7. The molecule has 0 unspecified atom stereocenters. The summed E-state index contributed by atoms with van der Waals surface area (Å²) in [5.41, 5.74) is 2.78. The largest absolute Gasteiger partial charge is 0.353 e. The Kier molecular flexibility index (Phi) is 6.88. The van der Waals surface area contributed by atoms with E-state index in [0.29, 0.717) is 43.1 Å². The predicted molar refractivity (Wildman–Crippen MR) is 140 cm³/mol. The molecular weight excluding hydrogens is 477 g/mol. The molecule has 1 N–H and O–H groups in total. The Morgan fingerprint density at radius 3 is 2.72 bits per heavy atom. The lowest BCUT2D eigenvalue weighted by molar-refractivity contribution is -0.126. The van der Waals surface area contributed by atoms with Gasteiger partial charge in [0.15, 0.2) is 5.65 Å². The molecule has 0 bridgehead atoms. The molecule has 1 amide bonds. The maximum absolute atomic E-state index is 14.1. The van der Waals surface area contributed by atoms with Crippen molar-refractivity contribution in [1.29, 1.82) is 0 Å². The minimum absolute atomic E-state index is 0.0210. The minimum Gasteiger partial charge on any atom is -0.353 e. The molecule has 10 heteroatoms. The third-order valence-corrected chi connectivity index (χ3v) is 7.34. The number of benzene rings is 2. The first-order chi connectivity index (χ1) is 17.4. The van der Waals surface area contributed by atoms with Crippen LogP contribution in [0.25, 0.3) is 16.7 Å². The van der Waals surface area contributed by atoms with Gasteiger partial charge in [0.1, 0.15) is 24.0 Å². The number of carbonyl (C=O) groups excluding carboxylic acids is 1. The highest BCUT2D eigenvalue weighted by Gasteiger charge is 2.31. The summed E-state index contributed by atoms with van der Waals surface area (Å²) in [4.78, 5) is 27.3. The van der Waals surface area contributed by atoms with Gasteiger partial charge in [-0.05, 0) is 55.6 Å². The van der Waals surface area contributed by atoms with Crippen LogP contribution in [0, 0.1) is 12.7 Å². The summed E-state index contributed by atoms with van der Waals surface area (Å²) in [5.74, 6) is 0.413. The van der Waals surface area contributed by atoms with Crippen LogP contribution in [0.15, 0.2) is 59.9 Å². The second kappa shape index (κ2) is 10.2. The summed E-state index contributed by atoms with van der Waals surface area (Å²) in [6, 6.07) is 12.9. The molecule has 8 nitrogen and oxygen atoms in total. The predicted octanol–water partition coefficient (Wildman–Crippen LogP) is 3.42. The Balaban J connectivity index is 1.34. The first kappa shape index (κ1) is 24.2. The van der Waals surface area contributed by atoms with Gasteiger partial charge < -0.3 is 10.2 Å². The van der Waals surface area contributed by atoms with Crippen LogP contribution in [-0.4, -0.2) is 69.5 Å². The van der Waals surface area contributed by atoms with Gasteiger partial charge in [-0.1, -0.05) is 18.2 Å². The minimum atomic E-state index is -0.324. The third-order valence-electron chi connectivity index (χ3n) is 6.59. The molecule has 1 atom stereocenters. The molecule has 0 aliphatic carbocycles. The number of nitrogens with zero attached hydrogens (tertiary/aromatic N) is 6. The van der Waals surface area contributed by atoms with Gasteiger partial charge in [-0.15, -0.1) is 16.9 Å². The Labute approximate surface area is 213 Å². The number of piperazine rings is 1. The van der Waals surface area contributed by atoms with Crippen molar-refractivity contribution in [2.45, 2.75) is 24.4 Å². The lowest BCUT2D eigenvalue weighted by atomic mass is 10.1. The number of rotatable bonds is 6. The van der Waals surface area contributed by atoms with Crippen molar-refractivity contribution in [2.24, 2.45) is 0 Å². The van der Waals surface area contributed by atoms with E-state index < -0.39 is 0 Å². The molecule has 4 aromatic rings. The average Bonchev–Trinajstić information content (AvgIpc) is 3.34. The van der Waals surface area contributed by atoms with E-state index in [9.17, 15) is 9.18 Å². The molecule has 0 spiro atoms. The molecule has 5 rings (SSSR count). The molecule has 0 radical (unpaired) electrons. The normalized spacial score (nSPS) is 16.4. The second-order valence-electron chi connectivity index (χ2n) is 8.95. The zero-order valence-electron chi connectivity index (χ0n) is 20.5. The van der Waals surface area contributed by atoms with Crippen molar-refractivity contribution in [1.82, 2.24) is 30.0 Å². The molecular formula is C26H28FN7OS. The van der Waals surface area contributed by atoms with E-state index >= 15 is 0 Å². The molecule has 186 valence electrons. The Bertz CT molecular complexity index is 1390. The fraction of sp³-hybridized carbons (Fsp3) is 0.308. The standard InChI is InChI=1S/C26H28FN7OS/c1-17-4-7-19(12-22(17)27)34-14-21-24(31-34)29-16-30-25(21)33-11-10-32(2)23(15-33)26(35)28-13-18-5-8-20(36-3)9-6-18/h4-9,12,14,16,23H,10-11,13,15H2,1-3H3,(H,28,35)/t23-/m0/s1. The number of carbonyl (C=O) groups is 1. The van der Waals surface area contributed by atoms with Gasteiger partial charge in [-0.2, -0.15) is 0 Å². The topological polar surface area (TPSA) is 79.2 Å². The van der Waals surface area contributed by atoms with Crippen molar-refractivity contribution >= 4 is 34.5 Å². The van der Waals surface area contributed by atoms with E-state index in [1.807, 2.05) is 37.7 Å². The smallest absolute Gasteiger partial charge is 0.239 e. The zero-order valence-corrected chi connectivity index (χ0v) is 21.3. The van der Waals surface area contributed by atoms with Gasteiger partial charge >= 0.3 is 0 Å². The number of aromatic nitrogens is 4. The first-order valence-electron chi connectivity index (χ1n) is 11.8. The lowest BCUT2D eigenvalue weighted by Crippen LogP contribution is -2.57. The molecule has 2 aromatic heterocycles. The molecule has 3 heterocycles. The van der Waals surface area contributed by atoms with Gasteiger partial charge in [-0.25, -0.2) is 19.0 Å². The van der Waals surface area contributed by atoms with Crippen LogP contribution < -0.4 is 10.2 Å². The Morgan fingerprint density at radius 1 is 1.17 bits per heavy atom. The number of anilines is 1. The average molecular weight is 506 g/mol. The summed E-state index contributed by atoms with van der Waals surface area (Å²) in [6.45, 7) is 4.12. The van der Waals surface area contributed by atoms with E-state index in [-0.39, 0.29) is 17.8 Å². The van der Waals surface area contributed by atoms with Crippen LogP contribution >= 0.6 is 11.8 Å². The van der Waals surface area contributed by atoms with Gasteiger partial charge in [0, 0.05) is 37.3 Å². The lowest BCUT2D eigenvalue weighted by Gasteiger charge is -2.39. The van der Waals surface area contributed by atoms with Crippen molar-refractivity contribution in [2.75, 3.05) is 37.8 Å². The van der Waals surface area contributed by atoms with Crippen LogP contribution in [0.1, 0.15) is 11.1 Å². The number of halogens is 1. The van der Waals surface area contributed by atoms with Crippen LogP contribution in [0.5, 0.6) is 0 Å². The van der Waals surface area contributed by atoms with Gasteiger partial charge in [0.25, 0.3) is 0 Å². The number of thioether (sulfide) groups is 1. The van der Waals surface area contributed by atoms with Crippen molar-refractivity contribution in [3.63, 3.8) is 0 Å². The summed E-state index contributed by atoms with van der Waals surface area (Å²) in [5, 5.41) is 8.38. The van der Waals surface area contributed by atoms with Crippen molar-refractivity contribution in [3.05, 3.63) is 71.9 Å². The molecule has 2 aromatic carbocycles. The first-order valence-corrected chi connectivity index (χ1v) is 13.0. The highest BCUT2D eigenvalue weighted by Crippen LogP contribution is 2.26. The van der Waals surface area contributed by atoms with E-state index in [4.69, 9.17) is 0 Å². The Morgan fingerprint density at radius 2 is 1.97 bits per heavy atom. The number of aryl methyl sites for hydroxylation is 1. The number of nitrogens with one attached hydrogen (secondary N) is 1. The number of likely N-dealkylation sites (N-methyl/N-ethyl adjacent to an activating group) is 1. The number of hydrogen-bond donors (Lipinski definition) is 1. The SMILES string of the molecule is CSc1ccc(CNC(=O)[C@@H]2CN(c3ncnc4nn(-c5ccc(C)c(F)c5)cc34)CCN2C)cc1. The summed E-state index contributed by atoms with van der Waals surface area (Å²) in [7, 11) is 1.97. The highest BCUT2D eigenvalue weighted by molar-refractivity contribution is 7.98. The summed E-state index contributed by atoms with van der Waals surface area (Å²) < 4.78 is 15.7. The Hall–Kier alpha value is -3.50. The van der Waals surface area contributed by atoms with E-state index in [0.717, 1.165) is 16.8 Å². The zero-order chi connectivity index (χ0) is 25.2. The molecule has 36 heavy (non-hydrogen) atoms. The van der Waals surface area contributed by atoms with Crippen LogP contribution in [0.3, 0.4) is 0 Å². The summed E-state index contributed by atoms with van der Waals surface area (Å²) >= 11 is 1.69. The van der Waals surface area contributed by atoms with Gasteiger partial charge in [0.05, 0.1) is 11.1 Å². The highest BCUT2D eigenvalue weighted by atomic mass is 32.2. The number of fused-ring (bicyclic) bond motifs is 1. The molecule has 1 fully saturated rings. The van der Waals surface area contributed by atoms with E-state index in [1.54, 1.807) is 29.4 Å². The van der Waals surface area contributed by atoms with Crippen molar-refractivity contribution < 1.29 is 9.18 Å². The molecule has 1 aliphatic rings. The fourth-order valence-electron chi connectivity index (χ4n) is 4.33. The van der Waals surface area contributed by atoms with Crippen LogP contribution in [0.4, 0.5) is 10.2 Å². The van der Waals surface area contributed by atoms with Crippen molar-refractivity contribution in [3.8, 4) is 5.69 Å². The summed E-state index contributed by atoms with van der Waals surface area (Å²) in [6.07, 6.45) is 5.34. The molecule has 1 saturated heterocycles. The van der Waals surface area contributed by atoms with Gasteiger partial charge in [-0.3, -0.25) is 9.69 Å². The second-order valence-corrected chi connectivity index (χ2v) is 9.83. The number of amides is 1. The van der Waals surface area contributed by atoms with E-state index in [1.165, 1.54) is 17.3 Å². The van der Waals surface area contributed by atoms with Crippen LogP contribution in [-0.2, 0) is 11.3 Å². The fourth-order valence-corrected chi connectivity index (χ4v) is 4.74. The van der Waals surface area contributed by atoms with E-state index in [2.05, 4.69) is 42.3 Å². The van der Waals surface area contributed by atoms with Crippen LogP contribution in [0.2, 0.25) is 0 Å². The maximum Gasteiger partial charge on any atom is 0.239 e. The van der Waals surface area contributed by atoms with Gasteiger partial charge in [0.2, 0.25) is 5.91 Å². The molecule has 0 saturated carbocycles. The monoisotopic (exact) mass is 505 g/mol. The third kappa shape index (κ3) is 4.91. The maximum atomic E-state index is 14.1. The quantitative estimate of drug-likeness (QED) is 0.402.